The molecule has 2 heterocycles. The molecule has 0 unspecified atom stereocenters. The van der Waals surface area contributed by atoms with Crippen molar-refractivity contribution in [3.05, 3.63) is 46.5 Å². The van der Waals surface area contributed by atoms with Crippen LogP contribution in [0.5, 0.6) is 5.75 Å². The summed E-state index contributed by atoms with van der Waals surface area (Å²) < 4.78 is 5.40. The smallest absolute Gasteiger partial charge is 0.278 e. The lowest BCUT2D eigenvalue weighted by atomic mass is 10.3. The number of anilines is 1. The number of Topliss-reactive ketones (excluding diaryl/α,β-unsaturated/α-hetero) is 1. The predicted molar refractivity (Wildman–Crippen MR) is 89.5 cm³/mol. The van der Waals surface area contributed by atoms with Gasteiger partial charge >= 0.3 is 0 Å². The van der Waals surface area contributed by atoms with Crippen molar-refractivity contribution < 1.29 is 9.53 Å². The standard InChI is InChI=1S/C16H17N5O3/c1-9(2)17-16-20-14-12(15(23)21-16)18-13(19-14)11(22)8-24-10-6-4-3-5-7-10/h3-7,9H,8H2,1-2H3,(H3,17,18,19,20,21,23). The highest BCUT2D eigenvalue weighted by molar-refractivity contribution is 5.96. The van der Waals surface area contributed by atoms with Gasteiger partial charge in [-0.2, -0.15) is 4.98 Å². The fraction of sp³-hybridized carbons (Fsp3) is 0.250. The normalized spacial score (nSPS) is 11.0. The number of nitrogens with zero attached hydrogens (tertiary/aromatic N) is 2. The Kier molecular flexibility index (Phi) is 4.28. The summed E-state index contributed by atoms with van der Waals surface area (Å²) in [6.07, 6.45) is 0. The molecule has 0 amide bonds. The lowest BCUT2D eigenvalue weighted by Gasteiger charge is -2.07. The third kappa shape index (κ3) is 3.43. The van der Waals surface area contributed by atoms with Gasteiger partial charge < -0.3 is 15.0 Å². The maximum Gasteiger partial charge on any atom is 0.278 e. The van der Waals surface area contributed by atoms with Crippen LogP contribution in [0.3, 0.4) is 0 Å². The van der Waals surface area contributed by atoms with Gasteiger partial charge in [-0.05, 0) is 26.0 Å². The Morgan fingerprint density at radius 1 is 1.21 bits per heavy atom. The maximum absolute atomic E-state index is 12.2. The maximum atomic E-state index is 12.2. The number of H-pyrrole nitrogens is 2. The molecule has 0 aliphatic heterocycles. The number of hydrogen-bond acceptors (Lipinski definition) is 6. The highest BCUT2D eigenvalue weighted by atomic mass is 16.5. The van der Waals surface area contributed by atoms with Crippen LogP contribution >= 0.6 is 0 Å². The molecule has 0 bridgehead atoms. The van der Waals surface area contributed by atoms with E-state index in [0.29, 0.717) is 11.7 Å². The van der Waals surface area contributed by atoms with Crippen molar-refractivity contribution in [3.63, 3.8) is 0 Å². The molecule has 3 rings (SSSR count). The van der Waals surface area contributed by atoms with Crippen LogP contribution in [0.4, 0.5) is 5.95 Å². The van der Waals surface area contributed by atoms with Gasteiger partial charge in [-0.3, -0.25) is 14.6 Å². The molecule has 3 N–H and O–H groups in total. The average molecular weight is 327 g/mol. The van der Waals surface area contributed by atoms with Crippen molar-refractivity contribution in [1.82, 2.24) is 19.9 Å². The number of fused-ring (bicyclic) bond motifs is 1. The molecule has 8 nitrogen and oxygen atoms in total. The number of hydrogen-bond donors (Lipinski definition) is 3. The first-order chi connectivity index (χ1) is 11.5. The number of aromatic nitrogens is 4. The van der Waals surface area contributed by atoms with Crippen LogP contribution in [-0.2, 0) is 0 Å². The van der Waals surface area contributed by atoms with Crippen molar-refractivity contribution in [2.75, 3.05) is 11.9 Å². The van der Waals surface area contributed by atoms with Gasteiger partial charge in [-0.1, -0.05) is 18.2 Å². The van der Waals surface area contributed by atoms with Crippen LogP contribution < -0.4 is 15.6 Å². The lowest BCUT2D eigenvalue weighted by molar-refractivity contribution is 0.0912. The Labute approximate surface area is 137 Å². The monoisotopic (exact) mass is 327 g/mol. The SMILES string of the molecule is CC(C)Nc1nc2nc(C(=O)COc3ccccc3)[nH]c2c(=O)[nH]1. The molecule has 0 radical (unpaired) electrons. The number of carbonyl (C=O) groups is 1. The zero-order valence-electron chi connectivity index (χ0n) is 13.3. The molecule has 0 atom stereocenters. The minimum Gasteiger partial charge on any atom is -0.485 e. The molecule has 0 saturated carbocycles. The molecule has 0 spiro atoms. The number of nitrogens with one attached hydrogen (secondary N) is 3. The van der Waals surface area contributed by atoms with E-state index in [1.165, 1.54) is 0 Å². The Morgan fingerprint density at radius 2 is 1.96 bits per heavy atom. The number of rotatable bonds is 6. The van der Waals surface area contributed by atoms with Crippen molar-refractivity contribution in [2.45, 2.75) is 19.9 Å². The van der Waals surface area contributed by atoms with Gasteiger partial charge in [0.1, 0.15) is 5.75 Å². The Hall–Kier alpha value is -3.16. The van der Waals surface area contributed by atoms with Gasteiger partial charge in [0.15, 0.2) is 23.6 Å². The zero-order valence-corrected chi connectivity index (χ0v) is 13.3. The molecule has 2 aromatic heterocycles. The van der Waals surface area contributed by atoms with E-state index < -0.39 is 5.56 Å². The van der Waals surface area contributed by atoms with Gasteiger partial charge in [0.2, 0.25) is 11.7 Å². The summed E-state index contributed by atoms with van der Waals surface area (Å²) in [6.45, 7) is 3.66. The Bertz CT molecular complexity index is 914. The second-order valence-electron chi connectivity index (χ2n) is 5.52. The summed E-state index contributed by atoms with van der Waals surface area (Å²) in [5.41, 5.74) is -0.0454. The van der Waals surface area contributed by atoms with Crippen molar-refractivity contribution in [2.24, 2.45) is 0 Å². The molecule has 124 valence electrons. The Balaban J connectivity index is 1.81. The van der Waals surface area contributed by atoms with Crippen molar-refractivity contribution in [3.8, 4) is 5.75 Å². The first-order valence-electron chi connectivity index (χ1n) is 7.50. The van der Waals surface area contributed by atoms with E-state index in [-0.39, 0.29) is 35.4 Å². The molecular formula is C16H17N5O3. The van der Waals surface area contributed by atoms with Crippen LogP contribution in [0.2, 0.25) is 0 Å². The van der Waals surface area contributed by atoms with Crippen LogP contribution in [0, 0.1) is 0 Å². The highest BCUT2D eigenvalue weighted by Crippen LogP contribution is 2.11. The van der Waals surface area contributed by atoms with Crippen molar-refractivity contribution in [1.29, 1.82) is 0 Å². The van der Waals surface area contributed by atoms with E-state index in [4.69, 9.17) is 4.74 Å². The third-order valence-electron chi connectivity index (χ3n) is 3.16. The van der Waals surface area contributed by atoms with E-state index in [1.807, 2.05) is 32.0 Å². The van der Waals surface area contributed by atoms with Crippen LogP contribution in [-0.4, -0.2) is 38.4 Å². The molecule has 0 aliphatic rings. The van der Waals surface area contributed by atoms with E-state index >= 15 is 0 Å². The summed E-state index contributed by atoms with van der Waals surface area (Å²) >= 11 is 0. The molecule has 0 fully saturated rings. The van der Waals surface area contributed by atoms with Gasteiger partial charge in [-0.25, -0.2) is 4.98 Å². The number of carbonyl (C=O) groups excluding carboxylic acids is 1. The van der Waals surface area contributed by atoms with E-state index in [1.54, 1.807) is 12.1 Å². The molecule has 24 heavy (non-hydrogen) atoms. The summed E-state index contributed by atoms with van der Waals surface area (Å²) in [7, 11) is 0. The van der Waals surface area contributed by atoms with Crippen LogP contribution in [0.1, 0.15) is 24.5 Å². The molecule has 0 aliphatic carbocycles. The summed E-state index contributed by atoms with van der Waals surface area (Å²) in [6, 6.07) is 9.09. The highest BCUT2D eigenvalue weighted by Gasteiger charge is 2.16. The van der Waals surface area contributed by atoms with E-state index in [2.05, 4.69) is 25.3 Å². The largest absolute Gasteiger partial charge is 0.485 e. The van der Waals surface area contributed by atoms with Crippen LogP contribution in [0.15, 0.2) is 35.1 Å². The molecule has 0 saturated heterocycles. The number of ether oxygens (including phenoxy) is 1. The number of imidazole rings is 1. The molecule has 3 aromatic rings. The lowest BCUT2D eigenvalue weighted by Crippen LogP contribution is -2.17. The summed E-state index contributed by atoms with van der Waals surface area (Å²) in [4.78, 5) is 37.8. The fourth-order valence-corrected chi connectivity index (χ4v) is 2.11. The minimum atomic E-state index is -0.390. The fourth-order valence-electron chi connectivity index (χ4n) is 2.11. The Morgan fingerprint density at radius 3 is 2.67 bits per heavy atom. The van der Waals surface area contributed by atoms with Crippen molar-refractivity contribution >= 4 is 22.9 Å². The number of para-hydroxylation sites is 1. The topological polar surface area (TPSA) is 113 Å². The second-order valence-corrected chi connectivity index (χ2v) is 5.52. The molecule has 8 heteroatoms. The molecular weight excluding hydrogens is 310 g/mol. The van der Waals surface area contributed by atoms with Gasteiger partial charge in [0.25, 0.3) is 5.56 Å². The average Bonchev–Trinajstić information content (AvgIpc) is 2.97. The second kappa shape index (κ2) is 6.53. The zero-order chi connectivity index (χ0) is 17.1. The quantitative estimate of drug-likeness (QED) is 0.594. The van der Waals surface area contributed by atoms with Gasteiger partial charge in [-0.15, -0.1) is 0 Å². The van der Waals surface area contributed by atoms with E-state index in [9.17, 15) is 9.59 Å². The molecule has 1 aromatic carbocycles. The summed E-state index contributed by atoms with van der Waals surface area (Å²) in [5.74, 6) is 0.574. The number of ketones is 1. The first kappa shape index (κ1) is 15.7. The van der Waals surface area contributed by atoms with E-state index in [0.717, 1.165) is 0 Å². The van der Waals surface area contributed by atoms with Gasteiger partial charge in [0, 0.05) is 6.04 Å². The summed E-state index contributed by atoms with van der Waals surface area (Å²) in [5, 5.41) is 2.99. The number of benzene rings is 1. The number of aromatic amines is 2. The minimum absolute atomic E-state index is 0.0422. The predicted octanol–water partition coefficient (Wildman–Crippen LogP) is 1.73. The van der Waals surface area contributed by atoms with Gasteiger partial charge in [0.05, 0.1) is 0 Å². The van der Waals surface area contributed by atoms with Crippen LogP contribution in [0.25, 0.3) is 11.2 Å². The third-order valence-corrected chi connectivity index (χ3v) is 3.16. The first-order valence-corrected chi connectivity index (χ1v) is 7.50.